The summed E-state index contributed by atoms with van der Waals surface area (Å²) in [5, 5.41) is 9.85. The first kappa shape index (κ1) is 15.4. The minimum Gasteiger partial charge on any atom is -0.388 e. The number of morpholine rings is 1. The summed E-state index contributed by atoms with van der Waals surface area (Å²) in [5.74, 6) is 0. The second-order valence-electron chi connectivity index (χ2n) is 5.04. The van der Waals surface area contributed by atoms with Crippen LogP contribution >= 0.6 is 0 Å². The van der Waals surface area contributed by atoms with E-state index in [0.717, 1.165) is 0 Å². The first-order valence-corrected chi connectivity index (χ1v) is 8.28. The molecule has 1 N–H and O–H groups in total. The number of ether oxygens (including phenoxy) is 1. The molecule has 1 saturated heterocycles. The van der Waals surface area contributed by atoms with Gasteiger partial charge in [0.2, 0.25) is 10.0 Å². The Hall–Kier alpha value is -0.950. The second kappa shape index (κ2) is 6.22. The van der Waals surface area contributed by atoms with Crippen LogP contribution in [0.4, 0.5) is 0 Å². The van der Waals surface area contributed by atoms with Gasteiger partial charge in [-0.15, -0.1) is 0 Å². The van der Waals surface area contributed by atoms with Crippen molar-refractivity contribution in [3.05, 3.63) is 29.8 Å². The van der Waals surface area contributed by atoms with E-state index in [1.54, 1.807) is 24.3 Å². The van der Waals surface area contributed by atoms with Gasteiger partial charge in [-0.3, -0.25) is 0 Å². The number of hydrogen-bond acceptors (Lipinski definition) is 4. The van der Waals surface area contributed by atoms with Gasteiger partial charge in [0.05, 0.1) is 24.2 Å². The zero-order valence-electron chi connectivity index (χ0n) is 11.8. The van der Waals surface area contributed by atoms with Gasteiger partial charge in [0.15, 0.2) is 0 Å². The largest absolute Gasteiger partial charge is 0.388 e. The van der Waals surface area contributed by atoms with Crippen molar-refractivity contribution < 1.29 is 18.3 Å². The van der Waals surface area contributed by atoms with Gasteiger partial charge in [0, 0.05) is 12.6 Å². The van der Waals surface area contributed by atoms with E-state index in [-0.39, 0.29) is 10.9 Å². The van der Waals surface area contributed by atoms with E-state index in [1.165, 1.54) is 4.31 Å². The highest BCUT2D eigenvalue weighted by atomic mass is 32.2. The molecule has 1 aromatic carbocycles. The van der Waals surface area contributed by atoms with Crippen LogP contribution < -0.4 is 0 Å². The molecule has 2 rings (SSSR count). The summed E-state index contributed by atoms with van der Waals surface area (Å²) in [7, 11) is -3.53. The van der Waals surface area contributed by atoms with Crippen molar-refractivity contribution in [3.8, 4) is 0 Å². The van der Waals surface area contributed by atoms with Crippen LogP contribution in [0.5, 0.6) is 0 Å². The summed E-state index contributed by atoms with van der Waals surface area (Å²) >= 11 is 0. The Labute approximate surface area is 120 Å². The SMILES string of the molecule is CCC(O)c1cccc(S(=O)(=O)N2CCOCC2C)c1. The van der Waals surface area contributed by atoms with Crippen LogP contribution in [0.25, 0.3) is 0 Å². The van der Waals surface area contributed by atoms with Crippen LogP contribution in [-0.2, 0) is 14.8 Å². The lowest BCUT2D eigenvalue weighted by Crippen LogP contribution is -2.46. The number of sulfonamides is 1. The highest BCUT2D eigenvalue weighted by Crippen LogP contribution is 2.24. The quantitative estimate of drug-likeness (QED) is 0.916. The molecule has 5 nitrogen and oxygen atoms in total. The Kier molecular flexibility index (Phi) is 4.80. The fourth-order valence-electron chi connectivity index (χ4n) is 2.32. The summed E-state index contributed by atoms with van der Waals surface area (Å²) in [6.07, 6.45) is -0.0791. The van der Waals surface area contributed by atoms with Crippen molar-refractivity contribution in [1.82, 2.24) is 4.31 Å². The summed E-state index contributed by atoms with van der Waals surface area (Å²) in [6, 6.07) is 6.38. The van der Waals surface area contributed by atoms with Crippen molar-refractivity contribution in [3.63, 3.8) is 0 Å². The van der Waals surface area contributed by atoms with E-state index in [0.29, 0.717) is 31.7 Å². The average Bonchev–Trinajstić information content (AvgIpc) is 2.47. The molecule has 20 heavy (non-hydrogen) atoms. The molecular formula is C14H21NO4S. The number of nitrogens with zero attached hydrogens (tertiary/aromatic N) is 1. The predicted molar refractivity (Wildman–Crippen MR) is 75.9 cm³/mol. The third-order valence-corrected chi connectivity index (χ3v) is 5.55. The van der Waals surface area contributed by atoms with E-state index in [9.17, 15) is 13.5 Å². The molecule has 112 valence electrons. The van der Waals surface area contributed by atoms with Crippen LogP contribution in [-0.4, -0.2) is 43.6 Å². The smallest absolute Gasteiger partial charge is 0.243 e. The highest BCUT2D eigenvalue weighted by molar-refractivity contribution is 7.89. The summed E-state index contributed by atoms with van der Waals surface area (Å²) in [5.41, 5.74) is 0.634. The van der Waals surface area contributed by atoms with E-state index < -0.39 is 16.1 Å². The van der Waals surface area contributed by atoms with Crippen molar-refractivity contribution in [1.29, 1.82) is 0 Å². The topological polar surface area (TPSA) is 66.8 Å². The lowest BCUT2D eigenvalue weighted by Gasteiger charge is -2.32. The van der Waals surface area contributed by atoms with Crippen molar-refractivity contribution in [2.24, 2.45) is 0 Å². The number of rotatable bonds is 4. The summed E-state index contributed by atoms with van der Waals surface area (Å²) in [6.45, 7) is 4.89. The Morgan fingerprint density at radius 2 is 2.25 bits per heavy atom. The van der Waals surface area contributed by atoms with Crippen molar-refractivity contribution in [2.75, 3.05) is 19.8 Å². The minimum absolute atomic E-state index is 0.173. The monoisotopic (exact) mass is 299 g/mol. The number of aliphatic hydroxyl groups is 1. The Morgan fingerprint density at radius 1 is 1.50 bits per heavy atom. The highest BCUT2D eigenvalue weighted by Gasteiger charge is 2.31. The van der Waals surface area contributed by atoms with Crippen LogP contribution in [0.15, 0.2) is 29.2 Å². The number of aliphatic hydroxyl groups excluding tert-OH is 1. The lowest BCUT2D eigenvalue weighted by atomic mass is 10.1. The van der Waals surface area contributed by atoms with Gasteiger partial charge < -0.3 is 9.84 Å². The molecule has 1 heterocycles. The molecule has 6 heteroatoms. The molecule has 1 aliphatic heterocycles. The van der Waals surface area contributed by atoms with Crippen molar-refractivity contribution in [2.45, 2.75) is 37.3 Å². The Bertz CT molecular complexity index is 558. The third kappa shape index (κ3) is 3.03. The molecule has 0 aliphatic carbocycles. The van der Waals surface area contributed by atoms with Crippen LogP contribution in [0.1, 0.15) is 31.9 Å². The summed E-state index contributed by atoms with van der Waals surface area (Å²) in [4.78, 5) is 0.233. The van der Waals surface area contributed by atoms with Crippen LogP contribution in [0, 0.1) is 0 Å². The third-order valence-electron chi connectivity index (χ3n) is 3.54. The molecule has 0 aromatic heterocycles. The molecule has 0 bridgehead atoms. The van der Waals surface area contributed by atoms with Gasteiger partial charge >= 0.3 is 0 Å². The van der Waals surface area contributed by atoms with Gasteiger partial charge in [-0.25, -0.2) is 8.42 Å². The fourth-order valence-corrected chi connectivity index (χ4v) is 3.98. The van der Waals surface area contributed by atoms with E-state index >= 15 is 0 Å². The van der Waals surface area contributed by atoms with Crippen LogP contribution in [0.3, 0.4) is 0 Å². The molecule has 1 fully saturated rings. The van der Waals surface area contributed by atoms with Crippen molar-refractivity contribution >= 4 is 10.0 Å². The summed E-state index contributed by atoms with van der Waals surface area (Å²) < 4.78 is 32.0. The molecule has 0 radical (unpaired) electrons. The van der Waals surface area contributed by atoms with Gasteiger partial charge in [-0.2, -0.15) is 4.31 Å². The molecule has 1 aromatic rings. The van der Waals surface area contributed by atoms with Crippen LogP contribution in [0.2, 0.25) is 0 Å². The molecule has 1 aliphatic rings. The Balaban J connectivity index is 2.34. The van der Waals surface area contributed by atoms with Gasteiger partial charge in [0.1, 0.15) is 0 Å². The standard InChI is InChI=1S/C14H21NO4S/c1-3-14(16)12-5-4-6-13(9-12)20(17,18)15-7-8-19-10-11(15)2/h4-6,9,11,14,16H,3,7-8,10H2,1-2H3. The fraction of sp³-hybridized carbons (Fsp3) is 0.571. The predicted octanol–water partition coefficient (Wildman–Crippen LogP) is 1.54. The average molecular weight is 299 g/mol. The maximum atomic E-state index is 12.6. The van der Waals surface area contributed by atoms with E-state index in [1.807, 2.05) is 13.8 Å². The molecule has 0 saturated carbocycles. The Morgan fingerprint density at radius 3 is 2.90 bits per heavy atom. The van der Waals surface area contributed by atoms with Gasteiger partial charge in [-0.1, -0.05) is 19.1 Å². The minimum atomic E-state index is -3.53. The lowest BCUT2D eigenvalue weighted by molar-refractivity contribution is 0.0392. The zero-order chi connectivity index (χ0) is 14.8. The second-order valence-corrected chi connectivity index (χ2v) is 6.93. The van der Waals surface area contributed by atoms with E-state index in [2.05, 4.69) is 0 Å². The van der Waals surface area contributed by atoms with E-state index in [4.69, 9.17) is 4.74 Å². The maximum absolute atomic E-state index is 12.6. The molecule has 2 atom stereocenters. The first-order chi connectivity index (χ1) is 9.46. The molecular weight excluding hydrogens is 278 g/mol. The molecule has 2 unspecified atom stereocenters. The molecule has 0 spiro atoms. The van der Waals surface area contributed by atoms with Gasteiger partial charge in [0.25, 0.3) is 0 Å². The normalized spacial score (nSPS) is 22.6. The maximum Gasteiger partial charge on any atom is 0.243 e. The van der Waals surface area contributed by atoms with Gasteiger partial charge in [-0.05, 0) is 31.0 Å². The number of hydrogen-bond donors (Lipinski definition) is 1. The molecule has 0 amide bonds. The number of benzene rings is 1. The first-order valence-electron chi connectivity index (χ1n) is 6.84. The zero-order valence-corrected chi connectivity index (χ0v) is 12.6.